The standard InChI is InChI=1S/C29H26N4O2/c1-20(2)22-13-15-23(16-14-22)30-28(34)25-18-32(17-21-9-5-3-6-10-21)19-26-27(25)31-33(29(26)35)24-11-7-4-8-12-24/h3-16,18-20H,17H2,1-2H3,(H,30,34). The highest BCUT2D eigenvalue weighted by Crippen LogP contribution is 2.25. The van der Waals surface area contributed by atoms with Gasteiger partial charge in [-0.1, -0.05) is 74.5 Å². The van der Waals surface area contributed by atoms with Crippen LogP contribution in [0.2, 0.25) is 0 Å². The van der Waals surface area contributed by atoms with Crippen LogP contribution in [0.15, 0.2) is 102 Å². The Morgan fingerprint density at radius 1 is 0.886 bits per heavy atom. The van der Waals surface area contributed by atoms with E-state index in [0.29, 0.717) is 40.7 Å². The number of carbonyl (C=O) groups excluding carboxylic acids is 1. The van der Waals surface area contributed by atoms with Gasteiger partial charge in [0.25, 0.3) is 11.5 Å². The summed E-state index contributed by atoms with van der Waals surface area (Å²) in [7, 11) is 0. The Balaban J connectivity index is 1.58. The van der Waals surface area contributed by atoms with Gasteiger partial charge in [0.15, 0.2) is 0 Å². The molecule has 2 aliphatic rings. The van der Waals surface area contributed by atoms with Crippen LogP contribution in [-0.2, 0) is 6.54 Å². The number of fused-ring (bicyclic) bond motifs is 1. The molecule has 0 aliphatic carbocycles. The van der Waals surface area contributed by atoms with Crippen molar-refractivity contribution < 1.29 is 4.79 Å². The lowest BCUT2D eigenvalue weighted by Gasteiger charge is -2.13. The minimum atomic E-state index is -0.313. The predicted octanol–water partition coefficient (Wildman–Crippen LogP) is 5.56. The highest BCUT2D eigenvalue weighted by Gasteiger charge is 2.24. The average molecular weight is 463 g/mol. The molecule has 0 fully saturated rings. The molecule has 2 heterocycles. The van der Waals surface area contributed by atoms with Gasteiger partial charge in [-0.05, 0) is 41.3 Å². The topological polar surface area (TPSA) is 68.9 Å². The quantitative estimate of drug-likeness (QED) is 0.359. The van der Waals surface area contributed by atoms with Crippen molar-refractivity contribution in [1.82, 2.24) is 14.3 Å². The van der Waals surface area contributed by atoms with Crippen molar-refractivity contribution in [2.45, 2.75) is 26.3 Å². The highest BCUT2D eigenvalue weighted by atomic mass is 16.2. The maximum atomic E-state index is 13.4. The van der Waals surface area contributed by atoms with E-state index in [9.17, 15) is 9.59 Å². The van der Waals surface area contributed by atoms with Crippen molar-refractivity contribution in [1.29, 1.82) is 0 Å². The Bertz CT molecular complexity index is 1480. The minimum absolute atomic E-state index is 0.260. The molecule has 3 aromatic carbocycles. The summed E-state index contributed by atoms with van der Waals surface area (Å²) in [5.74, 6) is 0.0929. The Morgan fingerprint density at radius 3 is 2.20 bits per heavy atom. The third-order valence-electron chi connectivity index (χ3n) is 6.01. The second-order valence-electron chi connectivity index (χ2n) is 8.88. The first-order valence-electron chi connectivity index (χ1n) is 11.6. The number of benzene rings is 3. The first-order valence-corrected chi connectivity index (χ1v) is 11.6. The molecule has 6 heteroatoms. The number of aromatic nitrogens is 3. The summed E-state index contributed by atoms with van der Waals surface area (Å²) in [4.78, 5) is 26.8. The molecule has 174 valence electrons. The first kappa shape index (κ1) is 22.3. The van der Waals surface area contributed by atoms with Crippen LogP contribution in [0, 0.1) is 0 Å². The number of anilines is 1. The van der Waals surface area contributed by atoms with Gasteiger partial charge in [-0.2, -0.15) is 9.78 Å². The van der Waals surface area contributed by atoms with E-state index < -0.39 is 0 Å². The van der Waals surface area contributed by atoms with Gasteiger partial charge < -0.3 is 9.88 Å². The Morgan fingerprint density at radius 2 is 1.54 bits per heavy atom. The first-order chi connectivity index (χ1) is 17.0. The van der Waals surface area contributed by atoms with E-state index in [1.54, 1.807) is 12.4 Å². The summed E-state index contributed by atoms with van der Waals surface area (Å²) in [6.07, 6.45) is 3.53. The van der Waals surface area contributed by atoms with Crippen LogP contribution in [0.4, 0.5) is 5.69 Å². The number of carbonyl (C=O) groups is 1. The van der Waals surface area contributed by atoms with E-state index in [-0.39, 0.29) is 11.5 Å². The van der Waals surface area contributed by atoms with Gasteiger partial charge in [-0.25, -0.2) is 0 Å². The molecule has 0 unspecified atom stereocenters. The predicted molar refractivity (Wildman–Crippen MR) is 138 cm³/mol. The van der Waals surface area contributed by atoms with Crippen LogP contribution in [0.3, 0.4) is 0 Å². The smallest absolute Gasteiger partial charge is 0.282 e. The Hall–Kier alpha value is -4.45. The second kappa shape index (κ2) is 9.43. The molecule has 1 amide bonds. The molecule has 1 N–H and O–H groups in total. The van der Waals surface area contributed by atoms with Crippen molar-refractivity contribution in [2.24, 2.45) is 0 Å². The largest absolute Gasteiger partial charge is 0.348 e. The van der Waals surface area contributed by atoms with Gasteiger partial charge in [-0.15, -0.1) is 0 Å². The van der Waals surface area contributed by atoms with E-state index >= 15 is 0 Å². The molecule has 0 aromatic heterocycles. The lowest BCUT2D eigenvalue weighted by molar-refractivity contribution is 0.102. The summed E-state index contributed by atoms with van der Waals surface area (Å²) >= 11 is 0. The molecule has 5 rings (SSSR count). The zero-order chi connectivity index (χ0) is 24.4. The van der Waals surface area contributed by atoms with Crippen LogP contribution in [-0.4, -0.2) is 20.3 Å². The Labute approximate surface area is 203 Å². The monoisotopic (exact) mass is 462 g/mol. The zero-order valence-electron chi connectivity index (χ0n) is 19.7. The van der Waals surface area contributed by atoms with Gasteiger partial charge in [0, 0.05) is 24.6 Å². The fourth-order valence-corrected chi connectivity index (χ4v) is 4.11. The molecule has 0 bridgehead atoms. The average Bonchev–Trinajstić information content (AvgIpc) is 3.21. The number of nitrogens with one attached hydrogen (secondary N) is 1. The van der Waals surface area contributed by atoms with Crippen LogP contribution >= 0.6 is 0 Å². The molecule has 0 saturated carbocycles. The fourth-order valence-electron chi connectivity index (χ4n) is 4.11. The molecular formula is C29H26N4O2. The maximum absolute atomic E-state index is 13.4. The lowest BCUT2D eigenvalue weighted by Crippen LogP contribution is -2.18. The molecule has 35 heavy (non-hydrogen) atoms. The number of hydrogen-bond acceptors (Lipinski definition) is 3. The van der Waals surface area contributed by atoms with E-state index in [0.717, 1.165) is 5.56 Å². The number of hydrogen-bond donors (Lipinski definition) is 1. The molecule has 0 radical (unpaired) electrons. The molecule has 2 aliphatic heterocycles. The molecular weight excluding hydrogens is 436 g/mol. The van der Waals surface area contributed by atoms with Gasteiger partial charge in [-0.3, -0.25) is 9.59 Å². The van der Waals surface area contributed by atoms with Gasteiger partial charge in [0.1, 0.15) is 5.69 Å². The summed E-state index contributed by atoms with van der Waals surface area (Å²) in [6, 6.07) is 27.0. The van der Waals surface area contributed by atoms with Crippen molar-refractivity contribution in [3.8, 4) is 16.9 Å². The van der Waals surface area contributed by atoms with Crippen LogP contribution in [0.5, 0.6) is 0 Å². The summed E-state index contributed by atoms with van der Waals surface area (Å²) < 4.78 is 3.22. The van der Waals surface area contributed by atoms with Crippen LogP contribution in [0.1, 0.15) is 41.3 Å². The van der Waals surface area contributed by atoms with Gasteiger partial charge >= 0.3 is 0 Å². The van der Waals surface area contributed by atoms with Gasteiger partial charge in [0.2, 0.25) is 0 Å². The Kier molecular flexibility index (Phi) is 6.02. The number of amides is 1. The minimum Gasteiger partial charge on any atom is -0.348 e. The van der Waals surface area contributed by atoms with Crippen LogP contribution in [0.25, 0.3) is 16.9 Å². The van der Waals surface area contributed by atoms with Gasteiger partial charge in [0.05, 0.1) is 16.8 Å². The number of rotatable bonds is 6. The third-order valence-corrected chi connectivity index (χ3v) is 6.01. The normalized spacial score (nSPS) is 11.2. The lowest BCUT2D eigenvalue weighted by atomic mass is 10.0. The molecule has 0 atom stereocenters. The highest BCUT2D eigenvalue weighted by molar-refractivity contribution is 6.08. The number of para-hydroxylation sites is 1. The maximum Gasteiger partial charge on any atom is 0.282 e. The number of pyridine rings is 1. The molecule has 6 nitrogen and oxygen atoms in total. The fraction of sp³-hybridized carbons (Fsp3) is 0.138. The number of nitrogens with zero attached hydrogens (tertiary/aromatic N) is 3. The molecule has 3 aromatic rings. The summed E-state index contributed by atoms with van der Waals surface area (Å²) in [6.45, 7) is 4.78. The van der Waals surface area contributed by atoms with E-state index in [1.807, 2.05) is 89.5 Å². The molecule has 0 spiro atoms. The van der Waals surface area contributed by atoms with Crippen molar-refractivity contribution in [3.05, 3.63) is 124 Å². The summed E-state index contributed by atoms with van der Waals surface area (Å²) in [5, 5.41) is 7.53. The second-order valence-corrected chi connectivity index (χ2v) is 8.88. The van der Waals surface area contributed by atoms with Crippen molar-refractivity contribution in [3.63, 3.8) is 0 Å². The van der Waals surface area contributed by atoms with Crippen molar-refractivity contribution >= 4 is 11.6 Å². The van der Waals surface area contributed by atoms with Crippen LogP contribution < -0.4 is 10.9 Å². The summed E-state index contributed by atoms with van der Waals surface area (Å²) in [5.41, 5.74) is 4.46. The van der Waals surface area contributed by atoms with E-state index in [1.165, 1.54) is 10.2 Å². The zero-order valence-corrected chi connectivity index (χ0v) is 19.7. The van der Waals surface area contributed by atoms with E-state index in [2.05, 4.69) is 24.3 Å². The SMILES string of the molecule is CC(C)c1ccc(NC(=O)c2cn(Cc3ccccc3)cc3c(=O)n(-c4ccccc4)nc2-3)cc1. The van der Waals surface area contributed by atoms with Crippen molar-refractivity contribution in [2.75, 3.05) is 5.32 Å². The van der Waals surface area contributed by atoms with E-state index in [4.69, 9.17) is 0 Å². The third kappa shape index (κ3) is 4.64. The molecule has 0 saturated heterocycles.